The molecule has 1 atom stereocenters. The van der Waals surface area contributed by atoms with Crippen LogP contribution in [0.3, 0.4) is 0 Å². The number of nitrogens with zero attached hydrogens (tertiary/aromatic N) is 1. The van der Waals surface area contributed by atoms with Crippen molar-refractivity contribution in [2.75, 3.05) is 19.5 Å². The summed E-state index contributed by atoms with van der Waals surface area (Å²) in [6.45, 7) is -0.683. The van der Waals surface area contributed by atoms with Crippen molar-refractivity contribution in [2.45, 2.75) is 26.1 Å². The van der Waals surface area contributed by atoms with Crippen molar-refractivity contribution >= 4 is 11.6 Å². The van der Waals surface area contributed by atoms with E-state index in [0.717, 1.165) is 11.3 Å². The Bertz CT molecular complexity index is 726. The number of nitrogens with one attached hydrogen (secondary N) is 1. The lowest BCUT2D eigenvalue weighted by molar-refractivity contribution is -0.120. The standard InChI is InChI=1S/C19H22F2N2O3/c1-13(18(24)22-15-7-5-4-6-8-15)23(2)12-14-9-10-16(26-19(20)21)17(11-14)25-3/h4-11,13,19H,12H2,1-3H3,(H,22,24)/t13-/m0/s1. The third-order valence-electron chi connectivity index (χ3n) is 3.96. The van der Waals surface area contributed by atoms with Crippen molar-refractivity contribution < 1.29 is 23.0 Å². The summed E-state index contributed by atoms with van der Waals surface area (Å²) < 4.78 is 34.3. The van der Waals surface area contributed by atoms with Crippen LogP contribution in [0.25, 0.3) is 0 Å². The smallest absolute Gasteiger partial charge is 0.387 e. The predicted octanol–water partition coefficient (Wildman–Crippen LogP) is 3.76. The van der Waals surface area contributed by atoms with E-state index < -0.39 is 12.7 Å². The lowest BCUT2D eigenvalue weighted by Crippen LogP contribution is -2.39. The minimum atomic E-state index is -2.92. The van der Waals surface area contributed by atoms with Crippen LogP contribution in [0, 0.1) is 0 Å². The Morgan fingerprint density at radius 2 is 1.85 bits per heavy atom. The molecule has 1 N–H and O–H groups in total. The Morgan fingerprint density at radius 1 is 1.15 bits per heavy atom. The number of likely N-dealkylation sites (N-methyl/N-ethyl adjacent to an activating group) is 1. The van der Waals surface area contributed by atoms with Crippen LogP contribution in [0.1, 0.15) is 12.5 Å². The number of methoxy groups -OCH3 is 1. The van der Waals surface area contributed by atoms with E-state index >= 15 is 0 Å². The van der Waals surface area contributed by atoms with Crippen LogP contribution in [-0.2, 0) is 11.3 Å². The molecular weight excluding hydrogens is 342 g/mol. The van der Waals surface area contributed by atoms with Crippen molar-refractivity contribution in [1.82, 2.24) is 4.90 Å². The van der Waals surface area contributed by atoms with E-state index in [4.69, 9.17) is 4.74 Å². The number of alkyl halides is 2. The van der Waals surface area contributed by atoms with Crippen LogP contribution in [0.4, 0.5) is 14.5 Å². The Balaban J connectivity index is 2.01. The molecule has 1 amide bonds. The quantitative estimate of drug-likeness (QED) is 0.775. The lowest BCUT2D eigenvalue weighted by Gasteiger charge is -2.24. The Hall–Kier alpha value is -2.67. The van der Waals surface area contributed by atoms with Crippen molar-refractivity contribution in [2.24, 2.45) is 0 Å². The zero-order valence-electron chi connectivity index (χ0n) is 14.9. The van der Waals surface area contributed by atoms with Crippen LogP contribution in [0.5, 0.6) is 11.5 Å². The Morgan fingerprint density at radius 3 is 2.46 bits per heavy atom. The average Bonchev–Trinajstić information content (AvgIpc) is 2.62. The van der Waals surface area contributed by atoms with Crippen LogP contribution < -0.4 is 14.8 Å². The molecule has 0 aromatic heterocycles. The van der Waals surface area contributed by atoms with Crippen LogP contribution in [0.2, 0.25) is 0 Å². The molecule has 7 heteroatoms. The second kappa shape index (κ2) is 9.15. The first kappa shape index (κ1) is 19.7. The van der Waals surface area contributed by atoms with E-state index in [0.29, 0.717) is 6.54 Å². The molecule has 0 bridgehead atoms. The number of hydrogen-bond acceptors (Lipinski definition) is 4. The van der Waals surface area contributed by atoms with Crippen molar-refractivity contribution in [3.05, 3.63) is 54.1 Å². The number of carbonyl (C=O) groups excluding carboxylic acids is 1. The molecule has 2 aromatic carbocycles. The van der Waals surface area contributed by atoms with Crippen molar-refractivity contribution in [3.8, 4) is 11.5 Å². The first-order chi connectivity index (χ1) is 12.4. The first-order valence-corrected chi connectivity index (χ1v) is 8.08. The van der Waals surface area contributed by atoms with E-state index in [9.17, 15) is 13.6 Å². The number of anilines is 1. The number of carbonyl (C=O) groups is 1. The van der Waals surface area contributed by atoms with Gasteiger partial charge in [0.15, 0.2) is 11.5 Å². The molecule has 0 saturated heterocycles. The summed E-state index contributed by atoms with van der Waals surface area (Å²) in [5.74, 6) is 0.0599. The molecular formula is C19H22F2N2O3. The fourth-order valence-corrected chi connectivity index (χ4v) is 2.40. The largest absolute Gasteiger partial charge is 0.493 e. The second-order valence-corrected chi connectivity index (χ2v) is 5.81. The molecule has 2 aromatic rings. The van der Waals surface area contributed by atoms with E-state index in [1.807, 2.05) is 42.3 Å². The third-order valence-corrected chi connectivity index (χ3v) is 3.96. The van der Waals surface area contributed by atoms with E-state index in [2.05, 4.69) is 10.1 Å². The predicted molar refractivity (Wildman–Crippen MR) is 95.6 cm³/mol. The van der Waals surface area contributed by atoms with Gasteiger partial charge in [-0.3, -0.25) is 9.69 Å². The maximum Gasteiger partial charge on any atom is 0.387 e. The molecule has 0 fully saturated rings. The summed E-state index contributed by atoms with van der Waals surface area (Å²) >= 11 is 0. The average molecular weight is 364 g/mol. The molecule has 0 saturated carbocycles. The summed E-state index contributed by atoms with van der Waals surface area (Å²) in [4.78, 5) is 14.2. The summed E-state index contributed by atoms with van der Waals surface area (Å²) in [6, 6.07) is 13.5. The number of hydrogen-bond donors (Lipinski definition) is 1. The van der Waals surface area contributed by atoms with Gasteiger partial charge in [0.05, 0.1) is 13.2 Å². The van der Waals surface area contributed by atoms with Gasteiger partial charge in [-0.05, 0) is 43.8 Å². The van der Waals surface area contributed by atoms with Gasteiger partial charge in [0.1, 0.15) is 0 Å². The minimum Gasteiger partial charge on any atom is -0.493 e. The van der Waals surface area contributed by atoms with E-state index in [1.165, 1.54) is 13.2 Å². The highest BCUT2D eigenvalue weighted by atomic mass is 19.3. The number of amides is 1. The molecule has 0 unspecified atom stereocenters. The van der Waals surface area contributed by atoms with Crippen molar-refractivity contribution in [1.29, 1.82) is 0 Å². The van der Waals surface area contributed by atoms with Crippen LogP contribution in [-0.4, -0.2) is 37.6 Å². The normalized spacial score (nSPS) is 12.1. The summed E-state index contributed by atoms with van der Waals surface area (Å²) in [6.07, 6.45) is 0. The Labute approximate surface area is 151 Å². The molecule has 0 heterocycles. The first-order valence-electron chi connectivity index (χ1n) is 8.08. The molecule has 0 aliphatic heterocycles. The summed E-state index contributed by atoms with van der Waals surface area (Å²) in [5, 5.41) is 2.85. The van der Waals surface area contributed by atoms with Gasteiger partial charge in [-0.15, -0.1) is 0 Å². The highest BCUT2D eigenvalue weighted by Gasteiger charge is 2.19. The SMILES string of the molecule is COc1cc(CN(C)[C@@H](C)C(=O)Nc2ccccc2)ccc1OC(F)F. The van der Waals surface area contributed by atoms with Gasteiger partial charge in [-0.1, -0.05) is 24.3 Å². The van der Waals surface area contributed by atoms with E-state index in [1.54, 1.807) is 19.1 Å². The number of halogens is 2. The van der Waals surface area contributed by atoms with Gasteiger partial charge in [-0.2, -0.15) is 8.78 Å². The van der Waals surface area contributed by atoms with E-state index in [-0.39, 0.29) is 17.4 Å². The van der Waals surface area contributed by atoms with Gasteiger partial charge in [0, 0.05) is 12.2 Å². The molecule has 0 radical (unpaired) electrons. The number of para-hydroxylation sites is 1. The minimum absolute atomic E-state index is 0.0243. The molecule has 26 heavy (non-hydrogen) atoms. The van der Waals surface area contributed by atoms with Gasteiger partial charge in [0.25, 0.3) is 0 Å². The highest BCUT2D eigenvalue weighted by molar-refractivity contribution is 5.94. The molecule has 140 valence electrons. The molecule has 0 spiro atoms. The highest BCUT2D eigenvalue weighted by Crippen LogP contribution is 2.30. The van der Waals surface area contributed by atoms with Crippen LogP contribution in [0.15, 0.2) is 48.5 Å². The zero-order valence-corrected chi connectivity index (χ0v) is 14.9. The van der Waals surface area contributed by atoms with Gasteiger partial charge < -0.3 is 14.8 Å². The zero-order chi connectivity index (χ0) is 19.1. The molecule has 0 aliphatic carbocycles. The van der Waals surface area contributed by atoms with Gasteiger partial charge in [0.2, 0.25) is 5.91 Å². The third kappa shape index (κ3) is 5.42. The summed E-state index contributed by atoms with van der Waals surface area (Å²) in [7, 11) is 3.20. The second-order valence-electron chi connectivity index (χ2n) is 5.81. The monoisotopic (exact) mass is 364 g/mol. The molecule has 2 rings (SSSR count). The van der Waals surface area contributed by atoms with Crippen molar-refractivity contribution in [3.63, 3.8) is 0 Å². The fraction of sp³-hybridized carbons (Fsp3) is 0.316. The topological polar surface area (TPSA) is 50.8 Å². The molecule has 0 aliphatic rings. The van der Waals surface area contributed by atoms with Gasteiger partial charge in [-0.25, -0.2) is 0 Å². The summed E-state index contributed by atoms with van der Waals surface area (Å²) in [5.41, 5.74) is 1.54. The molecule has 5 nitrogen and oxygen atoms in total. The fourth-order valence-electron chi connectivity index (χ4n) is 2.40. The number of ether oxygens (including phenoxy) is 2. The van der Waals surface area contributed by atoms with Gasteiger partial charge >= 0.3 is 6.61 Å². The Kier molecular flexibility index (Phi) is 6.91. The number of benzene rings is 2. The maximum absolute atomic E-state index is 12.4. The number of rotatable bonds is 8. The maximum atomic E-state index is 12.4. The lowest BCUT2D eigenvalue weighted by atomic mass is 10.1. The van der Waals surface area contributed by atoms with Crippen LogP contribution >= 0.6 is 0 Å².